The molecule has 4 amide bonds. The average molecular weight is 803 g/mol. The Kier molecular flexibility index (Phi) is 10.9. The molecular formula is C43H46N8O6S. The summed E-state index contributed by atoms with van der Waals surface area (Å²) in [7, 11) is 2.57. The Bertz CT molecular complexity index is 2480. The molecule has 58 heavy (non-hydrogen) atoms. The van der Waals surface area contributed by atoms with Crippen molar-refractivity contribution in [2.24, 2.45) is 5.92 Å². The Balaban J connectivity index is 1.00. The van der Waals surface area contributed by atoms with Gasteiger partial charge in [0.25, 0.3) is 5.91 Å². The molecule has 2 saturated heterocycles. The lowest BCUT2D eigenvalue weighted by Crippen LogP contribution is -2.51. The zero-order valence-electron chi connectivity index (χ0n) is 32.8. The first kappa shape index (κ1) is 38.6. The van der Waals surface area contributed by atoms with Gasteiger partial charge in [0.15, 0.2) is 0 Å². The first-order valence-electron chi connectivity index (χ1n) is 19.5. The van der Waals surface area contributed by atoms with Crippen molar-refractivity contribution >= 4 is 55.5 Å². The van der Waals surface area contributed by atoms with Crippen LogP contribution in [0.5, 0.6) is 0 Å². The van der Waals surface area contributed by atoms with E-state index < -0.39 is 24.3 Å². The Morgan fingerprint density at radius 3 is 1.76 bits per heavy atom. The number of alkyl carbamates (subject to hydrolysis) is 2. The number of nitrogens with zero attached hydrogens (tertiary/aromatic N) is 4. The Morgan fingerprint density at radius 2 is 1.24 bits per heavy atom. The first-order valence-corrected chi connectivity index (χ1v) is 20.4. The van der Waals surface area contributed by atoms with Gasteiger partial charge in [-0.25, -0.2) is 19.6 Å². The van der Waals surface area contributed by atoms with Crippen LogP contribution in [0, 0.1) is 5.92 Å². The van der Waals surface area contributed by atoms with E-state index in [1.807, 2.05) is 61.5 Å². The molecule has 14 nitrogen and oxygen atoms in total. The molecule has 0 radical (unpaired) electrons. The molecule has 4 atom stereocenters. The molecule has 15 heteroatoms. The minimum absolute atomic E-state index is 0.112. The summed E-state index contributed by atoms with van der Waals surface area (Å²) < 4.78 is 11.9. The zero-order valence-corrected chi connectivity index (χ0v) is 33.6. The summed E-state index contributed by atoms with van der Waals surface area (Å²) in [5, 5.41) is 7.73. The second kappa shape index (κ2) is 16.3. The summed E-state index contributed by atoms with van der Waals surface area (Å²) in [6.45, 7) is 4.94. The maximum absolute atomic E-state index is 14.0. The SMILES string of the molecule is COC(=O)N[C@H](C(=O)N1CCC[C@H]1c1ncc(-c2ccc3c(c2)sc2cc(-c4cnc([C@@H]5CCCN5C(=O)[C@H](NC(=O)OC)c5ccccc5)[nH]4)ccc23)[nH]1)C(C)C. The Morgan fingerprint density at radius 1 is 0.724 bits per heavy atom. The van der Waals surface area contributed by atoms with Crippen LogP contribution in [-0.2, 0) is 19.1 Å². The highest BCUT2D eigenvalue weighted by atomic mass is 32.1. The number of H-pyrrole nitrogens is 2. The molecule has 2 aliphatic rings. The third-order valence-electron chi connectivity index (χ3n) is 11.2. The van der Waals surface area contributed by atoms with Gasteiger partial charge in [-0.2, -0.15) is 0 Å². The Hall–Kier alpha value is -6.22. The molecule has 0 saturated carbocycles. The second-order valence-electron chi connectivity index (χ2n) is 15.1. The fourth-order valence-corrected chi connectivity index (χ4v) is 9.39. The van der Waals surface area contributed by atoms with Gasteiger partial charge in [0.2, 0.25) is 5.91 Å². The van der Waals surface area contributed by atoms with Crippen molar-refractivity contribution in [3.63, 3.8) is 0 Å². The summed E-state index contributed by atoms with van der Waals surface area (Å²) in [6, 6.07) is 19.9. The van der Waals surface area contributed by atoms with Crippen LogP contribution in [-0.4, -0.2) is 87.1 Å². The van der Waals surface area contributed by atoms with Crippen LogP contribution in [0.1, 0.15) is 74.9 Å². The lowest BCUT2D eigenvalue weighted by molar-refractivity contribution is -0.135. The standard InChI is InChI=1S/C43H46N8O6S/c1-24(2)36(48-42(54)56-3)40(52)50-18-8-12-32(50)38-44-22-30(46-38)26-14-16-28-29-17-15-27(21-35(29)58-34(28)20-26)31-23-45-39(47-31)33-13-9-19-51(33)41(53)37(49-43(55)57-4)25-10-6-5-7-11-25/h5-7,10-11,14-17,20-24,32-33,36-37H,8-9,12-13,18-19H2,1-4H3,(H,44,46)(H,45,47)(H,48,54)(H,49,55)/t32-,33-,36-,37+/m0/s1. The maximum atomic E-state index is 14.0. The molecule has 0 aliphatic carbocycles. The first-order chi connectivity index (χ1) is 28.1. The van der Waals surface area contributed by atoms with E-state index in [0.29, 0.717) is 24.5 Å². The lowest BCUT2D eigenvalue weighted by atomic mass is 10.0. The van der Waals surface area contributed by atoms with E-state index in [4.69, 9.17) is 19.4 Å². The number of rotatable bonds is 10. The van der Waals surface area contributed by atoms with Crippen molar-refractivity contribution in [1.29, 1.82) is 0 Å². The van der Waals surface area contributed by atoms with E-state index in [9.17, 15) is 19.2 Å². The van der Waals surface area contributed by atoms with Gasteiger partial charge in [0.1, 0.15) is 23.7 Å². The number of likely N-dealkylation sites (tertiary alicyclic amines) is 2. The Labute approximate surface area is 339 Å². The van der Waals surface area contributed by atoms with Crippen LogP contribution < -0.4 is 10.6 Å². The van der Waals surface area contributed by atoms with Crippen molar-refractivity contribution in [2.75, 3.05) is 27.3 Å². The number of amides is 4. The molecule has 2 aliphatic heterocycles. The summed E-state index contributed by atoms with van der Waals surface area (Å²) >= 11 is 1.71. The van der Waals surface area contributed by atoms with Crippen molar-refractivity contribution in [1.82, 2.24) is 40.4 Å². The van der Waals surface area contributed by atoms with E-state index in [1.54, 1.807) is 16.2 Å². The van der Waals surface area contributed by atoms with Crippen LogP contribution >= 0.6 is 11.3 Å². The van der Waals surface area contributed by atoms with E-state index in [2.05, 4.69) is 57.0 Å². The predicted molar refractivity (Wildman–Crippen MR) is 221 cm³/mol. The van der Waals surface area contributed by atoms with E-state index in [0.717, 1.165) is 74.2 Å². The molecule has 4 N–H and O–H groups in total. The summed E-state index contributed by atoms with van der Waals surface area (Å²) in [6.07, 6.45) is 5.52. The molecule has 2 fully saturated rings. The fourth-order valence-electron chi connectivity index (χ4n) is 8.20. The highest BCUT2D eigenvalue weighted by Crippen LogP contribution is 2.40. The van der Waals surface area contributed by atoms with Gasteiger partial charge in [-0.3, -0.25) is 9.59 Å². The predicted octanol–water partition coefficient (Wildman–Crippen LogP) is 7.64. The normalized spacial score (nSPS) is 17.8. The molecule has 3 aromatic heterocycles. The van der Waals surface area contributed by atoms with Crippen molar-refractivity contribution in [3.8, 4) is 22.5 Å². The quantitative estimate of drug-likeness (QED) is 0.109. The third-order valence-corrected chi connectivity index (χ3v) is 12.3. The van der Waals surface area contributed by atoms with Gasteiger partial charge in [-0.05, 0) is 49.3 Å². The number of hydrogen-bond donors (Lipinski definition) is 4. The number of methoxy groups -OCH3 is 2. The molecule has 0 bridgehead atoms. The van der Waals surface area contributed by atoms with Crippen molar-refractivity contribution in [3.05, 3.63) is 96.3 Å². The van der Waals surface area contributed by atoms with Crippen molar-refractivity contribution < 1.29 is 28.7 Å². The number of carbonyl (C=O) groups excluding carboxylic acids is 4. The minimum Gasteiger partial charge on any atom is -0.453 e. The fraction of sp³-hybridized carbons (Fsp3) is 0.349. The molecule has 8 rings (SSSR count). The molecule has 5 heterocycles. The molecule has 0 unspecified atom stereocenters. The largest absolute Gasteiger partial charge is 0.453 e. The lowest BCUT2D eigenvalue weighted by Gasteiger charge is -2.30. The highest BCUT2D eigenvalue weighted by Gasteiger charge is 2.39. The molecular weight excluding hydrogens is 757 g/mol. The second-order valence-corrected chi connectivity index (χ2v) is 16.2. The van der Waals surface area contributed by atoms with Crippen LogP contribution in [0.2, 0.25) is 0 Å². The van der Waals surface area contributed by atoms with Crippen LogP contribution in [0.25, 0.3) is 42.7 Å². The average Bonchev–Trinajstić information content (AvgIpc) is 4.10. The zero-order chi connectivity index (χ0) is 40.5. The summed E-state index contributed by atoms with van der Waals surface area (Å²) in [5.74, 6) is 0.957. The van der Waals surface area contributed by atoms with Crippen LogP contribution in [0.15, 0.2) is 79.1 Å². The summed E-state index contributed by atoms with van der Waals surface area (Å²) in [5.41, 5.74) is 4.37. The van der Waals surface area contributed by atoms with Crippen LogP contribution in [0.4, 0.5) is 9.59 Å². The van der Waals surface area contributed by atoms with E-state index in [1.165, 1.54) is 14.2 Å². The molecule has 300 valence electrons. The number of benzene rings is 3. The van der Waals surface area contributed by atoms with Crippen LogP contribution in [0.3, 0.4) is 0 Å². The molecule has 3 aromatic carbocycles. The third kappa shape index (κ3) is 7.49. The molecule has 6 aromatic rings. The van der Waals surface area contributed by atoms with Gasteiger partial charge in [-0.1, -0.05) is 68.4 Å². The van der Waals surface area contributed by atoms with Gasteiger partial charge >= 0.3 is 12.2 Å². The number of thiophene rings is 1. The minimum atomic E-state index is -0.885. The number of fused-ring (bicyclic) bond motifs is 3. The number of carbonyl (C=O) groups is 4. The van der Waals surface area contributed by atoms with Crippen molar-refractivity contribution in [2.45, 2.75) is 63.7 Å². The number of aromatic amines is 2. The molecule has 0 spiro atoms. The summed E-state index contributed by atoms with van der Waals surface area (Å²) in [4.78, 5) is 71.9. The van der Waals surface area contributed by atoms with Gasteiger partial charge < -0.3 is 39.9 Å². The maximum Gasteiger partial charge on any atom is 0.407 e. The smallest absolute Gasteiger partial charge is 0.407 e. The number of imidazole rings is 2. The number of ether oxygens (including phenoxy) is 2. The van der Waals surface area contributed by atoms with Gasteiger partial charge in [-0.15, -0.1) is 11.3 Å². The highest BCUT2D eigenvalue weighted by molar-refractivity contribution is 7.25. The number of aromatic nitrogens is 4. The van der Waals surface area contributed by atoms with Gasteiger partial charge in [0, 0.05) is 44.4 Å². The number of nitrogens with one attached hydrogen (secondary N) is 4. The topological polar surface area (TPSA) is 175 Å². The van der Waals surface area contributed by atoms with Gasteiger partial charge in [0.05, 0.1) is 50.1 Å². The van der Waals surface area contributed by atoms with E-state index >= 15 is 0 Å². The number of hydrogen-bond acceptors (Lipinski definition) is 9. The van der Waals surface area contributed by atoms with E-state index in [-0.39, 0.29) is 29.8 Å². The monoisotopic (exact) mass is 802 g/mol.